The minimum absolute atomic E-state index is 0.103. The van der Waals surface area contributed by atoms with Crippen LogP contribution in [0.3, 0.4) is 0 Å². The van der Waals surface area contributed by atoms with Gasteiger partial charge in [0.1, 0.15) is 10.6 Å². The summed E-state index contributed by atoms with van der Waals surface area (Å²) in [6, 6.07) is 4.61. The van der Waals surface area contributed by atoms with Gasteiger partial charge in [-0.05, 0) is 41.9 Å². The van der Waals surface area contributed by atoms with E-state index >= 15 is 0 Å². The number of methoxy groups -OCH3 is 1. The number of benzene rings is 1. The molecule has 0 unspecified atom stereocenters. The van der Waals surface area contributed by atoms with Gasteiger partial charge in [0.05, 0.1) is 13.7 Å². The van der Waals surface area contributed by atoms with Gasteiger partial charge in [-0.25, -0.2) is 13.1 Å². The van der Waals surface area contributed by atoms with Gasteiger partial charge in [0, 0.05) is 6.54 Å². The molecule has 6 heteroatoms. The van der Waals surface area contributed by atoms with Crippen LogP contribution in [0.4, 0.5) is 0 Å². The maximum atomic E-state index is 12.5. The molecule has 0 heterocycles. The molecule has 0 amide bonds. The lowest BCUT2D eigenvalue weighted by molar-refractivity contribution is 0.280. The highest BCUT2D eigenvalue weighted by atomic mass is 32.2. The molecule has 1 saturated carbocycles. The fraction of sp³-hybridized carbons (Fsp3) is 0.600. The predicted octanol–water partition coefficient (Wildman–Crippen LogP) is 1.90. The summed E-state index contributed by atoms with van der Waals surface area (Å²) in [7, 11) is -2.19. The van der Waals surface area contributed by atoms with E-state index in [4.69, 9.17) is 9.84 Å². The Morgan fingerprint density at radius 3 is 2.52 bits per heavy atom. The monoisotopic (exact) mass is 313 g/mol. The average molecular weight is 313 g/mol. The van der Waals surface area contributed by atoms with Gasteiger partial charge in [-0.2, -0.15) is 0 Å². The topological polar surface area (TPSA) is 75.6 Å². The molecule has 1 aromatic rings. The van der Waals surface area contributed by atoms with E-state index < -0.39 is 10.0 Å². The van der Waals surface area contributed by atoms with Crippen molar-refractivity contribution in [3.63, 3.8) is 0 Å². The minimum atomic E-state index is -3.61. The maximum Gasteiger partial charge on any atom is 0.244 e. The van der Waals surface area contributed by atoms with E-state index in [2.05, 4.69) is 18.6 Å². The Kier molecular flexibility index (Phi) is 4.60. The molecule has 0 saturated heterocycles. The summed E-state index contributed by atoms with van der Waals surface area (Å²) in [5, 5.41) is 9.11. The first-order valence-electron chi connectivity index (χ1n) is 7.12. The van der Waals surface area contributed by atoms with Crippen LogP contribution in [0.2, 0.25) is 0 Å². The Bertz CT molecular complexity index is 606. The molecule has 1 aliphatic rings. The lowest BCUT2D eigenvalue weighted by atomic mass is 9.93. The van der Waals surface area contributed by atoms with Gasteiger partial charge in [-0.15, -0.1) is 0 Å². The third-order valence-electron chi connectivity index (χ3n) is 4.43. The van der Waals surface area contributed by atoms with Crippen molar-refractivity contribution in [1.29, 1.82) is 0 Å². The van der Waals surface area contributed by atoms with Crippen LogP contribution in [0, 0.1) is 11.3 Å². The van der Waals surface area contributed by atoms with Gasteiger partial charge in [-0.1, -0.05) is 19.9 Å². The summed E-state index contributed by atoms with van der Waals surface area (Å²) in [6.07, 6.45) is 2.13. The van der Waals surface area contributed by atoms with Crippen LogP contribution in [0.5, 0.6) is 5.75 Å². The predicted molar refractivity (Wildman–Crippen MR) is 80.6 cm³/mol. The van der Waals surface area contributed by atoms with Gasteiger partial charge in [0.15, 0.2) is 0 Å². The molecule has 0 atom stereocenters. The van der Waals surface area contributed by atoms with E-state index in [1.807, 2.05) is 0 Å². The molecule has 0 aliphatic heterocycles. The second kappa shape index (κ2) is 5.94. The molecule has 0 aromatic heterocycles. The average Bonchev–Trinajstić information content (AvgIpc) is 3.26. The van der Waals surface area contributed by atoms with E-state index in [0.29, 0.717) is 18.0 Å². The minimum Gasteiger partial charge on any atom is -0.495 e. The van der Waals surface area contributed by atoms with Crippen molar-refractivity contribution in [2.45, 2.75) is 38.2 Å². The Morgan fingerprint density at radius 2 is 2.05 bits per heavy atom. The van der Waals surface area contributed by atoms with E-state index in [1.165, 1.54) is 13.2 Å². The lowest BCUT2D eigenvalue weighted by Gasteiger charge is -2.20. The number of hydrogen-bond acceptors (Lipinski definition) is 4. The summed E-state index contributed by atoms with van der Waals surface area (Å²) in [4.78, 5) is 0.113. The highest BCUT2D eigenvalue weighted by Crippen LogP contribution is 2.51. The Hall–Kier alpha value is -1.11. The summed E-state index contributed by atoms with van der Waals surface area (Å²) in [6.45, 7) is 4.55. The molecule has 5 nitrogen and oxygen atoms in total. The second-order valence-corrected chi connectivity index (χ2v) is 7.72. The molecular formula is C15H23NO4S. The first kappa shape index (κ1) is 16.3. The fourth-order valence-corrected chi connectivity index (χ4v) is 3.75. The number of sulfonamides is 1. The Labute approximate surface area is 126 Å². The number of aliphatic hydroxyl groups excluding tert-OH is 1. The molecule has 1 fully saturated rings. The Morgan fingerprint density at radius 1 is 1.38 bits per heavy atom. The number of hydrogen-bond donors (Lipinski definition) is 2. The van der Waals surface area contributed by atoms with E-state index in [9.17, 15) is 8.42 Å². The smallest absolute Gasteiger partial charge is 0.244 e. The van der Waals surface area contributed by atoms with Crippen molar-refractivity contribution in [2.24, 2.45) is 11.3 Å². The summed E-state index contributed by atoms with van der Waals surface area (Å²) in [5.41, 5.74) is 0.720. The van der Waals surface area contributed by atoms with Gasteiger partial charge < -0.3 is 9.84 Å². The van der Waals surface area contributed by atoms with Gasteiger partial charge >= 0.3 is 0 Å². The third-order valence-corrected chi connectivity index (χ3v) is 5.87. The molecule has 118 valence electrons. The van der Waals surface area contributed by atoms with Gasteiger partial charge in [-0.3, -0.25) is 0 Å². The van der Waals surface area contributed by atoms with Crippen LogP contribution in [-0.4, -0.2) is 27.2 Å². The summed E-state index contributed by atoms with van der Waals surface area (Å²) < 4.78 is 32.8. The number of nitrogens with one attached hydrogen (secondary N) is 1. The van der Waals surface area contributed by atoms with Crippen LogP contribution in [0.1, 0.15) is 32.3 Å². The van der Waals surface area contributed by atoms with Crippen molar-refractivity contribution in [2.75, 3.05) is 13.7 Å². The highest BCUT2D eigenvalue weighted by molar-refractivity contribution is 7.89. The van der Waals surface area contributed by atoms with Crippen molar-refractivity contribution in [3.8, 4) is 5.75 Å². The SMILES string of the molecule is COc1cc(CO)ccc1S(=O)(=O)NCC1(C(C)C)CC1. The Balaban J connectivity index is 2.20. The first-order chi connectivity index (χ1) is 9.84. The quantitative estimate of drug-likeness (QED) is 0.806. The van der Waals surface area contributed by atoms with Crippen LogP contribution >= 0.6 is 0 Å². The fourth-order valence-electron chi connectivity index (χ4n) is 2.47. The zero-order valence-electron chi connectivity index (χ0n) is 12.7. The molecule has 0 bridgehead atoms. The molecular weight excluding hydrogens is 290 g/mol. The molecule has 0 spiro atoms. The van der Waals surface area contributed by atoms with E-state index in [1.54, 1.807) is 12.1 Å². The van der Waals surface area contributed by atoms with Crippen molar-refractivity contribution < 1.29 is 18.3 Å². The van der Waals surface area contributed by atoms with Crippen molar-refractivity contribution in [3.05, 3.63) is 23.8 Å². The number of aliphatic hydroxyl groups is 1. The summed E-state index contributed by atoms with van der Waals surface area (Å²) in [5.74, 6) is 0.710. The van der Waals surface area contributed by atoms with E-state index in [0.717, 1.165) is 12.8 Å². The van der Waals surface area contributed by atoms with Crippen molar-refractivity contribution in [1.82, 2.24) is 4.72 Å². The highest BCUT2D eigenvalue weighted by Gasteiger charge is 2.45. The maximum absolute atomic E-state index is 12.5. The van der Waals surface area contributed by atoms with E-state index in [-0.39, 0.29) is 22.7 Å². The molecule has 1 aliphatic carbocycles. The zero-order chi connectivity index (χ0) is 15.7. The summed E-state index contributed by atoms with van der Waals surface area (Å²) >= 11 is 0. The first-order valence-corrected chi connectivity index (χ1v) is 8.60. The standard InChI is InChI=1S/C15H23NO4S/c1-11(2)15(6-7-15)10-16-21(18,19)14-5-4-12(9-17)8-13(14)20-3/h4-5,8,11,16-17H,6-7,9-10H2,1-3H3. The van der Waals surface area contributed by atoms with Crippen LogP contribution in [0.15, 0.2) is 23.1 Å². The third kappa shape index (κ3) is 3.39. The number of ether oxygens (including phenoxy) is 1. The molecule has 1 aromatic carbocycles. The zero-order valence-corrected chi connectivity index (χ0v) is 13.5. The lowest BCUT2D eigenvalue weighted by Crippen LogP contribution is -2.32. The van der Waals surface area contributed by atoms with Gasteiger partial charge in [0.2, 0.25) is 10.0 Å². The second-order valence-electron chi connectivity index (χ2n) is 5.98. The normalized spacial score (nSPS) is 17.0. The van der Waals surface area contributed by atoms with Crippen LogP contribution < -0.4 is 9.46 Å². The van der Waals surface area contributed by atoms with Crippen LogP contribution in [0.25, 0.3) is 0 Å². The largest absolute Gasteiger partial charge is 0.495 e. The van der Waals surface area contributed by atoms with Gasteiger partial charge in [0.25, 0.3) is 0 Å². The molecule has 0 radical (unpaired) electrons. The van der Waals surface area contributed by atoms with Crippen molar-refractivity contribution >= 4 is 10.0 Å². The number of rotatable bonds is 7. The molecule has 21 heavy (non-hydrogen) atoms. The van der Waals surface area contributed by atoms with Crippen LogP contribution in [-0.2, 0) is 16.6 Å². The molecule has 2 rings (SSSR count). The molecule has 2 N–H and O–H groups in total.